The van der Waals surface area contributed by atoms with Gasteiger partial charge in [-0.25, -0.2) is 0 Å². The number of hydrogen-bond acceptors (Lipinski definition) is 3. The lowest BCUT2D eigenvalue weighted by Crippen LogP contribution is -2.52. The third-order valence-corrected chi connectivity index (χ3v) is 5.96. The van der Waals surface area contributed by atoms with Gasteiger partial charge in [0.05, 0.1) is 5.92 Å². The van der Waals surface area contributed by atoms with E-state index in [0.29, 0.717) is 21.2 Å². The van der Waals surface area contributed by atoms with Gasteiger partial charge in [0.25, 0.3) is 0 Å². The number of carboxylic acid groups (broad SMARTS) is 2. The average Bonchev–Trinajstić information content (AvgIpc) is 3.42. The number of nitrogens with two attached hydrogens (primary N) is 1. The molecule has 3 rings (SSSR count). The van der Waals surface area contributed by atoms with E-state index in [1.54, 1.807) is 48.5 Å². The van der Waals surface area contributed by atoms with Crippen molar-refractivity contribution in [3.63, 3.8) is 0 Å². The van der Waals surface area contributed by atoms with Crippen LogP contribution in [0.5, 0.6) is 0 Å². The molecule has 0 spiro atoms. The van der Waals surface area contributed by atoms with Gasteiger partial charge < -0.3 is 15.9 Å². The van der Waals surface area contributed by atoms with E-state index in [1.807, 2.05) is 0 Å². The van der Waals surface area contributed by atoms with Crippen molar-refractivity contribution in [2.75, 3.05) is 0 Å². The van der Waals surface area contributed by atoms with Crippen molar-refractivity contribution in [1.29, 1.82) is 0 Å². The highest BCUT2D eigenvalue weighted by Gasteiger charge is 2.59. The fraction of sp³-hybridized carbons (Fsp3) is 0.300. The Morgan fingerprint density at radius 1 is 1.04 bits per heavy atom. The summed E-state index contributed by atoms with van der Waals surface area (Å²) in [6.45, 7) is 0. The largest absolute Gasteiger partial charge is 0.481 e. The van der Waals surface area contributed by atoms with Crippen LogP contribution in [-0.2, 0) is 9.59 Å². The normalized spacial score (nSPS) is 20.9. The molecule has 1 aliphatic carbocycles. The van der Waals surface area contributed by atoms with Gasteiger partial charge in [0.2, 0.25) is 0 Å². The molecule has 3 atom stereocenters. The molecular formula is C20H19Cl2NO4. The second-order valence-electron chi connectivity index (χ2n) is 6.93. The van der Waals surface area contributed by atoms with Crippen LogP contribution in [0, 0.1) is 11.8 Å². The standard InChI is InChI=1S/C20H19Cl2NO4/c21-16-7-3-1-5-11(16)14(12-6-2-4-8-17(12)22)10-20(23,19(26)27)15-9-13(15)18(24)25/h1-8,13-15H,9-10,23H2,(H,24,25)(H,26,27). The Morgan fingerprint density at radius 2 is 1.52 bits per heavy atom. The number of rotatable bonds is 7. The van der Waals surface area contributed by atoms with Crippen molar-refractivity contribution < 1.29 is 19.8 Å². The zero-order valence-corrected chi connectivity index (χ0v) is 15.8. The maximum Gasteiger partial charge on any atom is 0.324 e. The van der Waals surface area contributed by atoms with Gasteiger partial charge in [0.1, 0.15) is 5.54 Å². The van der Waals surface area contributed by atoms with Gasteiger partial charge in [-0.1, -0.05) is 59.6 Å². The number of carboxylic acids is 2. The minimum atomic E-state index is -1.70. The van der Waals surface area contributed by atoms with Crippen molar-refractivity contribution >= 4 is 35.1 Å². The van der Waals surface area contributed by atoms with Crippen LogP contribution in [0.4, 0.5) is 0 Å². The van der Waals surface area contributed by atoms with E-state index in [-0.39, 0.29) is 12.8 Å². The Bertz CT molecular complexity index is 842. The van der Waals surface area contributed by atoms with Crippen molar-refractivity contribution in [3.05, 3.63) is 69.7 Å². The molecule has 2 aromatic carbocycles. The molecular weight excluding hydrogens is 389 g/mol. The summed E-state index contributed by atoms with van der Waals surface area (Å²) in [5.41, 5.74) is 6.01. The smallest absolute Gasteiger partial charge is 0.324 e. The van der Waals surface area contributed by atoms with Crippen LogP contribution in [0.2, 0.25) is 10.0 Å². The lowest BCUT2D eigenvalue weighted by atomic mass is 9.77. The predicted octanol–water partition coefficient (Wildman–Crippen LogP) is 4.02. The van der Waals surface area contributed by atoms with E-state index in [1.165, 1.54) is 0 Å². The summed E-state index contributed by atoms with van der Waals surface area (Å²) < 4.78 is 0. The molecule has 0 aliphatic heterocycles. The molecule has 0 amide bonds. The van der Waals surface area contributed by atoms with E-state index >= 15 is 0 Å². The molecule has 4 N–H and O–H groups in total. The van der Waals surface area contributed by atoms with Crippen LogP contribution in [0.3, 0.4) is 0 Å². The lowest BCUT2D eigenvalue weighted by Gasteiger charge is -2.31. The van der Waals surface area contributed by atoms with Crippen LogP contribution < -0.4 is 5.73 Å². The van der Waals surface area contributed by atoms with E-state index < -0.39 is 35.2 Å². The third kappa shape index (κ3) is 3.81. The molecule has 0 radical (unpaired) electrons. The van der Waals surface area contributed by atoms with Gasteiger partial charge in [-0.05, 0) is 36.1 Å². The number of carbonyl (C=O) groups is 2. The van der Waals surface area contributed by atoms with Crippen LogP contribution in [-0.4, -0.2) is 27.7 Å². The van der Waals surface area contributed by atoms with Gasteiger partial charge >= 0.3 is 11.9 Å². The first-order chi connectivity index (χ1) is 12.8. The third-order valence-electron chi connectivity index (χ3n) is 5.27. The van der Waals surface area contributed by atoms with Crippen molar-refractivity contribution in [3.8, 4) is 0 Å². The zero-order chi connectivity index (χ0) is 19.8. The number of halogens is 2. The number of aliphatic carboxylic acids is 2. The molecule has 2 aromatic rings. The monoisotopic (exact) mass is 407 g/mol. The Kier molecular flexibility index (Phi) is 5.47. The second-order valence-corrected chi connectivity index (χ2v) is 7.75. The molecule has 1 aliphatic rings. The summed E-state index contributed by atoms with van der Waals surface area (Å²) in [4.78, 5) is 23.3. The molecule has 27 heavy (non-hydrogen) atoms. The minimum absolute atomic E-state index is 0.00968. The minimum Gasteiger partial charge on any atom is -0.481 e. The Labute approximate surface area is 166 Å². The van der Waals surface area contributed by atoms with Gasteiger partial charge in [-0.3, -0.25) is 9.59 Å². The first-order valence-electron chi connectivity index (χ1n) is 8.49. The highest BCUT2D eigenvalue weighted by atomic mass is 35.5. The fourth-order valence-electron chi connectivity index (χ4n) is 3.68. The SMILES string of the molecule is NC(CC(c1ccccc1Cl)c1ccccc1Cl)(C(=O)O)C1CC1C(=O)O. The Hall–Kier alpha value is -2.08. The van der Waals surface area contributed by atoms with E-state index in [0.717, 1.165) is 0 Å². The zero-order valence-electron chi connectivity index (χ0n) is 14.3. The lowest BCUT2D eigenvalue weighted by molar-refractivity contribution is -0.145. The molecule has 0 aromatic heterocycles. The molecule has 1 saturated carbocycles. The van der Waals surface area contributed by atoms with Crippen molar-refractivity contribution in [2.24, 2.45) is 17.6 Å². The number of hydrogen-bond donors (Lipinski definition) is 3. The molecule has 7 heteroatoms. The van der Waals surface area contributed by atoms with E-state index in [4.69, 9.17) is 28.9 Å². The highest BCUT2D eigenvalue weighted by molar-refractivity contribution is 6.32. The highest BCUT2D eigenvalue weighted by Crippen LogP contribution is 2.50. The summed E-state index contributed by atoms with van der Waals surface area (Å²) in [6.07, 6.45) is 0.236. The maximum absolute atomic E-state index is 12.1. The molecule has 0 saturated heterocycles. The van der Waals surface area contributed by atoms with Crippen LogP contribution >= 0.6 is 23.2 Å². The van der Waals surface area contributed by atoms with Crippen LogP contribution in [0.15, 0.2) is 48.5 Å². The van der Waals surface area contributed by atoms with Crippen molar-refractivity contribution in [2.45, 2.75) is 24.3 Å². The van der Waals surface area contributed by atoms with E-state index in [2.05, 4.69) is 0 Å². The number of benzene rings is 2. The molecule has 142 valence electrons. The predicted molar refractivity (Wildman–Crippen MR) is 103 cm³/mol. The average molecular weight is 408 g/mol. The van der Waals surface area contributed by atoms with Crippen LogP contribution in [0.25, 0.3) is 0 Å². The first kappa shape index (κ1) is 19.7. The topological polar surface area (TPSA) is 101 Å². The summed E-state index contributed by atoms with van der Waals surface area (Å²) in [6, 6.07) is 14.2. The van der Waals surface area contributed by atoms with Gasteiger partial charge in [0, 0.05) is 21.9 Å². The summed E-state index contributed by atoms with van der Waals surface area (Å²) in [5, 5.41) is 20.0. The summed E-state index contributed by atoms with van der Waals surface area (Å²) in [5.74, 6) is -4.11. The molecule has 1 fully saturated rings. The molecule has 0 heterocycles. The van der Waals surface area contributed by atoms with Crippen LogP contribution in [0.1, 0.15) is 29.9 Å². The second kappa shape index (κ2) is 7.50. The first-order valence-corrected chi connectivity index (χ1v) is 9.25. The summed E-state index contributed by atoms with van der Waals surface area (Å²) in [7, 11) is 0. The molecule has 3 unspecified atom stereocenters. The van der Waals surface area contributed by atoms with Gasteiger partial charge in [-0.2, -0.15) is 0 Å². The Morgan fingerprint density at radius 3 is 1.89 bits per heavy atom. The molecule has 0 bridgehead atoms. The van der Waals surface area contributed by atoms with Crippen molar-refractivity contribution in [1.82, 2.24) is 0 Å². The van der Waals surface area contributed by atoms with Gasteiger partial charge in [-0.15, -0.1) is 0 Å². The fourth-order valence-corrected chi connectivity index (χ4v) is 4.21. The van der Waals surface area contributed by atoms with E-state index in [9.17, 15) is 19.8 Å². The summed E-state index contributed by atoms with van der Waals surface area (Å²) >= 11 is 12.8. The quantitative estimate of drug-likeness (QED) is 0.643. The van der Waals surface area contributed by atoms with Gasteiger partial charge in [0.15, 0.2) is 0 Å². The maximum atomic E-state index is 12.1. The molecule has 5 nitrogen and oxygen atoms in total. The Balaban J connectivity index is 2.06.